The van der Waals surface area contributed by atoms with E-state index in [0.717, 1.165) is 59.5 Å². The molecule has 0 atom stereocenters. The van der Waals surface area contributed by atoms with Crippen LogP contribution < -0.4 is 15.4 Å². The van der Waals surface area contributed by atoms with Crippen LogP contribution in [0.25, 0.3) is 32.6 Å². The molecule has 0 amide bonds. The molecular weight excluding hydrogens is 549 g/mol. The van der Waals surface area contributed by atoms with Crippen LogP contribution in [0, 0.1) is 5.82 Å². The summed E-state index contributed by atoms with van der Waals surface area (Å²) in [4.78, 5) is 4.69. The fourth-order valence-electron chi connectivity index (χ4n) is 5.79. The maximum absolute atomic E-state index is 14.3. The highest BCUT2D eigenvalue weighted by molar-refractivity contribution is 7.17. The van der Waals surface area contributed by atoms with Crippen LogP contribution in [-0.4, -0.2) is 48.1 Å². The molecular formula is C33H32FN5O2S. The fourth-order valence-corrected chi connectivity index (χ4v) is 6.68. The zero-order chi connectivity index (χ0) is 28.3. The number of hydrogen-bond donors (Lipinski definition) is 2. The molecule has 3 aromatic heterocycles. The minimum Gasteiger partial charge on any atom is -0.490 e. The molecule has 5 aromatic rings. The standard InChI is InChI=1S/C33H32FN5O2S/c34-25-7-8-26(29(19-25)41-16-15-40-14-13-36-30-9-6-21-2-1-3-28(21)37-30)32-33-27(11-17-42-33)31(38-39-32)23-4-5-24-20-35-12-10-22(24)18-23/h4-9,11,17-19,35H,1-3,10,12-16,20H2,(H,36,37). The molecule has 4 heterocycles. The highest BCUT2D eigenvalue weighted by Gasteiger charge is 2.19. The summed E-state index contributed by atoms with van der Waals surface area (Å²) < 4.78 is 27.1. The largest absolute Gasteiger partial charge is 0.490 e. The molecule has 2 aromatic carbocycles. The van der Waals surface area contributed by atoms with E-state index in [0.29, 0.717) is 36.8 Å². The van der Waals surface area contributed by atoms with Crippen molar-refractivity contribution in [3.63, 3.8) is 0 Å². The summed E-state index contributed by atoms with van der Waals surface area (Å²) in [6.45, 7) is 3.71. The minimum atomic E-state index is -0.365. The number of benzene rings is 2. The second kappa shape index (κ2) is 12.1. The van der Waals surface area contributed by atoms with Gasteiger partial charge in [-0.05, 0) is 84.6 Å². The normalized spacial score (nSPS) is 14.1. The van der Waals surface area contributed by atoms with Crippen LogP contribution in [0.3, 0.4) is 0 Å². The number of hydrogen-bond acceptors (Lipinski definition) is 8. The average Bonchev–Trinajstić information content (AvgIpc) is 3.70. The van der Waals surface area contributed by atoms with Gasteiger partial charge in [-0.1, -0.05) is 18.2 Å². The first-order chi connectivity index (χ1) is 20.7. The van der Waals surface area contributed by atoms with Crippen molar-refractivity contribution in [1.29, 1.82) is 0 Å². The lowest BCUT2D eigenvalue weighted by Gasteiger charge is -2.18. The van der Waals surface area contributed by atoms with Gasteiger partial charge >= 0.3 is 0 Å². The van der Waals surface area contributed by atoms with Crippen LogP contribution in [0.15, 0.2) is 60.0 Å². The molecule has 1 aliphatic heterocycles. The maximum Gasteiger partial charge on any atom is 0.131 e. The predicted molar refractivity (Wildman–Crippen MR) is 165 cm³/mol. The topological polar surface area (TPSA) is 81.2 Å². The molecule has 2 aliphatic rings. The van der Waals surface area contributed by atoms with Crippen LogP contribution in [0.5, 0.6) is 5.75 Å². The molecule has 0 radical (unpaired) electrons. The van der Waals surface area contributed by atoms with Crippen molar-refractivity contribution in [2.45, 2.75) is 32.2 Å². The van der Waals surface area contributed by atoms with Gasteiger partial charge in [0.2, 0.25) is 0 Å². The van der Waals surface area contributed by atoms with E-state index >= 15 is 0 Å². The number of pyridine rings is 1. The van der Waals surface area contributed by atoms with Gasteiger partial charge in [-0.15, -0.1) is 21.5 Å². The first kappa shape index (κ1) is 26.9. The first-order valence-corrected chi connectivity index (χ1v) is 15.4. The minimum absolute atomic E-state index is 0.288. The summed E-state index contributed by atoms with van der Waals surface area (Å²) in [6, 6.07) is 17.4. The van der Waals surface area contributed by atoms with Crippen LogP contribution in [0.1, 0.15) is 28.8 Å². The Hall–Kier alpha value is -3.92. The Morgan fingerprint density at radius 1 is 0.881 bits per heavy atom. The van der Waals surface area contributed by atoms with Gasteiger partial charge in [-0.3, -0.25) is 0 Å². The number of nitrogens with zero attached hydrogens (tertiary/aromatic N) is 3. The molecule has 1 aliphatic carbocycles. The number of thiophene rings is 1. The lowest BCUT2D eigenvalue weighted by molar-refractivity contribution is 0.107. The lowest BCUT2D eigenvalue weighted by atomic mass is 9.96. The molecule has 214 valence electrons. The van der Waals surface area contributed by atoms with Crippen molar-refractivity contribution in [2.75, 3.05) is 38.2 Å². The molecule has 0 fully saturated rings. The quantitative estimate of drug-likeness (QED) is 0.190. The predicted octanol–water partition coefficient (Wildman–Crippen LogP) is 6.20. The Bertz CT molecular complexity index is 1740. The van der Waals surface area contributed by atoms with Crippen LogP contribution in [0.2, 0.25) is 0 Å². The van der Waals surface area contributed by atoms with Gasteiger partial charge in [0.1, 0.15) is 35.4 Å². The third-order valence-corrected chi connectivity index (χ3v) is 8.84. The van der Waals surface area contributed by atoms with Crippen LogP contribution >= 0.6 is 11.3 Å². The number of fused-ring (bicyclic) bond motifs is 3. The lowest BCUT2D eigenvalue weighted by Crippen LogP contribution is -2.23. The van der Waals surface area contributed by atoms with Gasteiger partial charge in [-0.25, -0.2) is 9.37 Å². The highest BCUT2D eigenvalue weighted by Crippen LogP contribution is 2.39. The number of ether oxygens (including phenoxy) is 2. The molecule has 0 saturated heterocycles. The monoisotopic (exact) mass is 581 g/mol. The van der Waals surface area contributed by atoms with Crippen LogP contribution in [0.4, 0.5) is 10.2 Å². The van der Waals surface area contributed by atoms with Crippen molar-refractivity contribution in [2.24, 2.45) is 0 Å². The number of aromatic nitrogens is 3. The molecule has 2 N–H and O–H groups in total. The average molecular weight is 582 g/mol. The number of halogens is 1. The van der Waals surface area contributed by atoms with Gasteiger partial charge < -0.3 is 20.1 Å². The molecule has 0 spiro atoms. The molecule has 7 nitrogen and oxygen atoms in total. The molecule has 0 saturated carbocycles. The zero-order valence-electron chi connectivity index (χ0n) is 23.3. The number of nitrogens with one attached hydrogen (secondary N) is 2. The third-order valence-electron chi connectivity index (χ3n) is 7.92. The maximum atomic E-state index is 14.3. The summed E-state index contributed by atoms with van der Waals surface area (Å²) in [5.41, 5.74) is 8.57. The van der Waals surface area contributed by atoms with E-state index < -0.39 is 0 Å². The SMILES string of the molecule is Fc1ccc(-c2nnc(-c3ccc4c(c3)CCNC4)c3ccsc23)c(OCCOCCNc2ccc3c(n2)CCC3)c1. The Morgan fingerprint density at radius 3 is 2.79 bits per heavy atom. The van der Waals surface area contributed by atoms with E-state index in [1.54, 1.807) is 17.4 Å². The Balaban J connectivity index is 1.02. The van der Waals surface area contributed by atoms with E-state index in [1.165, 1.54) is 40.9 Å². The summed E-state index contributed by atoms with van der Waals surface area (Å²) in [7, 11) is 0. The summed E-state index contributed by atoms with van der Waals surface area (Å²) in [6.07, 6.45) is 4.37. The Labute approximate surface area is 248 Å². The van der Waals surface area contributed by atoms with Crippen molar-refractivity contribution >= 4 is 27.2 Å². The number of rotatable bonds is 10. The highest BCUT2D eigenvalue weighted by atomic mass is 32.1. The fraction of sp³-hybridized carbons (Fsp3) is 0.303. The van der Waals surface area contributed by atoms with Crippen molar-refractivity contribution in [3.8, 4) is 28.3 Å². The van der Waals surface area contributed by atoms with Gasteiger partial charge in [0, 0.05) is 41.4 Å². The number of anilines is 1. The molecule has 42 heavy (non-hydrogen) atoms. The Morgan fingerprint density at radius 2 is 1.81 bits per heavy atom. The van der Waals surface area contributed by atoms with E-state index in [1.807, 2.05) is 11.4 Å². The van der Waals surface area contributed by atoms with E-state index in [9.17, 15) is 4.39 Å². The van der Waals surface area contributed by atoms with E-state index in [2.05, 4.69) is 51.2 Å². The number of aryl methyl sites for hydroxylation is 2. The second-order valence-electron chi connectivity index (χ2n) is 10.7. The van der Waals surface area contributed by atoms with Gasteiger partial charge in [0.15, 0.2) is 0 Å². The summed E-state index contributed by atoms with van der Waals surface area (Å²) in [5, 5.41) is 19.1. The van der Waals surface area contributed by atoms with Crippen LogP contribution in [-0.2, 0) is 30.5 Å². The molecule has 0 unspecified atom stereocenters. The van der Waals surface area contributed by atoms with Gasteiger partial charge in [0.05, 0.1) is 17.9 Å². The van der Waals surface area contributed by atoms with Gasteiger partial charge in [-0.2, -0.15) is 0 Å². The van der Waals surface area contributed by atoms with Crippen molar-refractivity contribution in [1.82, 2.24) is 20.5 Å². The van der Waals surface area contributed by atoms with Crippen molar-refractivity contribution < 1.29 is 13.9 Å². The summed E-state index contributed by atoms with van der Waals surface area (Å²) in [5.74, 6) is 0.948. The first-order valence-electron chi connectivity index (χ1n) is 14.5. The second-order valence-corrected chi connectivity index (χ2v) is 11.6. The van der Waals surface area contributed by atoms with Gasteiger partial charge in [0.25, 0.3) is 0 Å². The zero-order valence-corrected chi connectivity index (χ0v) is 24.1. The Kier molecular flexibility index (Phi) is 7.78. The summed E-state index contributed by atoms with van der Waals surface area (Å²) >= 11 is 1.60. The smallest absolute Gasteiger partial charge is 0.131 e. The van der Waals surface area contributed by atoms with Crippen molar-refractivity contribution in [3.05, 3.63) is 88.2 Å². The third kappa shape index (κ3) is 5.60. The molecule has 0 bridgehead atoms. The molecule has 7 rings (SSSR count). The van der Waals surface area contributed by atoms with E-state index in [-0.39, 0.29) is 12.4 Å². The van der Waals surface area contributed by atoms with E-state index in [4.69, 9.17) is 14.5 Å². The molecule has 9 heteroatoms.